The monoisotopic (exact) mass is 1370 g/mol. The summed E-state index contributed by atoms with van der Waals surface area (Å²) in [6.45, 7) is 13.0. The number of carbonyl (C=O) groups is 8. The van der Waals surface area contributed by atoms with E-state index in [1.807, 2.05) is 121 Å². The molecular formula is C76H78N4O20. The van der Waals surface area contributed by atoms with Crippen LogP contribution in [0.25, 0.3) is 90.9 Å². The zero-order chi connectivity index (χ0) is 71.3. The van der Waals surface area contributed by atoms with E-state index in [2.05, 4.69) is 9.97 Å². The summed E-state index contributed by atoms with van der Waals surface area (Å²) in [7, 11) is 0. The van der Waals surface area contributed by atoms with Gasteiger partial charge in [0, 0.05) is 44.3 Å². The van der Waals surface area contributed by atoms with Gasteiger partial charge in [0.05, 0.1) is 36.0 Å². The van der Waals surface area contributed by atoms with Crippen LogP contribution in [0.3, 0.4) is 0 Å². The molecule has 24 heteroatoms. The molecule has 7 aromatic rings. The second kappa shape index (κ2) is 34.1. The molecule has 0 saturated heterocycles. The first-order valence-corrected chi connectivity index (χ1v) is 32.4. The maximum absolute atomic E-state index is 12.6. The van der Waals surface area contributed by atoms with Gasteiger partial charge in [-0.15, -0.1) is 0 Å². The summed E-state index contributed by atoms with van der Waals surface area (Å²) in [4.78, 5) is 117. The van der Waals surface area contributed by atoms with Gasteiger partial charge in [0.2, 0.25) is 0 Å². The number of ether oxygens (including phenoxy) is 12. The lowest BCUT2D eigenvalue weighted by Crippen LogP contribution is -2.26. The van der Waals surface area contributed by atoms with E-state index < -0.39 is 84.6 Å². The lowest BCUT2D eigenvalue weighted by Gasteiger charge is -2.19. The third-order valence-corrected chi connectivity index (χ3v) is 14.3. The van der Waals surface area contributed by atoms with Crippen LogP contribution in [0.1, 0.15) is 104 Å². The van der Waals surface area contributed by atoms with E-state index in [0.29, 0.717) is 112 Å². The van der Waals surface area contributed by atoms with Crippen LogP contribution in [0.5, 0.6) is 23.0 Å². The third kappa shape index (κ3) is 21.2. The summed E-state index contributed by atoms with van der Waals surface area (Å²) in [5.41, 5.74) is 8.47. The Bertz CT molecular complexity index is 4140. The number of hydrogen-bond donors (Lipinski definition) is 2. The fraction of sp³-hybridized carbons (Fsp3) is 0.316. The molecule has 0 unspecified atom stereocenters. The second-order valence-corrected chi connectivity index (χ2v) is 24.4. The first kappa shape index (κ1) is 72.7. The van der Waals surface area contributed by atoms with E-state index in [1.165, 1.54) is 0 Å². The fourth-order valence-corrected chi connectivity index (χ4v) is 10.5. The molecule has 9 rings (SSSR count). The molecule has 2 N–H and O–H groups in total. The van der Waals surface area contributed by atoms with Gasteiger partial charge in [-0.25, -0.2) is 9.97 Å². The molecule has 100 heavy (non-hydrogen) atoms. The van der Waals surface area contributed by atoms with Crippen LogP contribution >= 0.6 is 0 Å². The minimum absolute atomic E-state index is 0.0376. The highest BCUT2D eigenvalue weighted by atomic mass is 16.6. The standard InChI is InChI=1S/C76H78N4O20/c1-9-89-63(81)43-65(83)95-35-31-91-51-19-11-15-47(39-51)71-55-23-27-59(77-55)73(49-17-13-21-53(41-49)93-33-37-97-67(85)45-69(87)99-75(3,4)5)61-29-25-57(79-61)72(48-16-12-20-52(40-48)92-32-36-96-66(84)44-64(82)90-10-2)58-26-30-62(80-58)74(60-28-24-56(71)78-60)50-18-14-22-54(42-50)94-34-38-98-68(86)46-70(88)100-76(6,7)8/h11-30,39-42,77,80H,9-10,31-38,43-46H2,1-8H3. The molecule has 4 aromatic carbocycles. The van der Waals surface area contributed by atoms with Gasteiger partial charge in [0.15, 0.2) is 0 Å². The maximum atomic E-state index is 12.6. The molecule has 522 valence electrons. The Morgan fingerprint density at radius 1 is 0.320 bits per heavy atom. The number of carbonyl (C=O) groups excluding carboxylic acids is 8. The van der Waals surface area contributed by atoms with Crippen molar-refractivity contribution in [3.05, 3.63) is 144 Å². The van der Waals surface area contributed by atoms with Gasteiger partial charge in [-0.2, -0.15) is 0 Å². The van der Waals surface area contributed by atoms with E-state index in [1.54, 1.807) is 79.7 Å². The molecule has 0 spiro atoms. The summed E-state index contributed by atoms with van der Waals surface area (Å²) in [6.07, 6.45) is 5.45. The first-order chi connectivity index (χ1) is 48.0. The van der Waals surface area contributed by atoms with Gasteiger partial charge in [-0.1, -0.05) is 48.5 Å². The van der Waals surface area contributed by atoms with Crippen LogP contribution < -0.4 is 18.9 Å². The molecule has 0 aliphatic carbocycles. The van der Waals surface area contributed by atoms with Gasteiger partial charge < -0.3 is 66.8 Å². The van der Waals surface area contributed by atoms with Crippen LogP contribution in [0.15, 0.2) is 121 Å². The van der Waals surface area contributed by atoms with E-state index in [0.717, 1.165) is 0 Å². The van der Waals surface area contributed by atoms with Crippen LogP contribution in [0, 0.1) is 0 Å². The number of hydrogen-bond acceptors (Lipinski definition) is 22. The van der Waals surface area contributed by atoms with E-state index in [4.69, 9.17) is 66.8 Å². The molecule has 2 aliphatic heterocycles. The molecule has 3 aromatic heterocycles. The summed E-state index contributed by atoms with van der Waals surface area (Å²) < 4.78 is 66.2. The zero-order valence-corrected chi connectivity index (χ0v) is 56.8. The Morgan fingerprint density at radius 2 is 0.560 bits per heavy atom. The van der Waals surface area contributed by atoms with Gasteiger partial charge in [0.1, 0.15) is 113 Å². The molecule has 0 saturated carbocycles. The van der Waals surface area contributed by atoms with E-state index >= 15 is 0 Å². The van der Waals surface area contributed by atoms with Crippen LogP contribution in [-0.2, 0) is 76.3 Å². The predicted octanol–water partition coefficient (Wildman–Crippen LogP) is 12.4. The van der Waals surface area contributed by atoms with Gasteiger partial charge in [-0.05, 0) is 175 Å². The quantitative estimate of drug-likeness (QED) is 0.0183. The molecule has 0 atom stereocenters. The van der Waals surface area contributed by atoms with Crippen LogP contribution in [0.4, 0.5) is 0 Å². The summed E-state index contributed by atoms with van der Waals surface area (Å²) in [5.74, 6) is -4.08. The lowest BCUT2D eigenvalue weighted by molar-refractivity contribution is -0.163. The van der Waals surface area contributed by atoms with Crippen molar-refractivity contribution in [1.82, 2.24) is 19.9 Å². The average Bonchev–Trinajstić information content (AvgIpc) is 1.61. The highest BCUT2D eigenvalue weighted by Crippen LogP contribution is 2.40. The Hall–Kier alpha value is -11.6. The molecule has 5 heterocycles. The summed E-state index contributed by atoms with van der Waals surface area (Å²) >= 11 is 0. The van der Waals surface area contributed by atoms with Crippen LogP contribution in [-0.4, -0.2) is 145 Å². The highest BCUT2D eigenvalue weighted by molar-refractivity contribution is 6.01. The van der Waals surface area contributed by atoms with Crippen molar-refractivity contribution < 1.29 is 95.2 Å². The normalized spacial score (nSPS) is 11.6. The van der Waals surface area contributed by atoms with Gasteiger partial charge in [0.25, 0.3) is 0 Å². The van der Waals surface area contributed by atoms with Gasteiger partial charge >= 0.3 is 47.8 Å². The summed E-state index contributed by atoms with van der Waals surface area (Å²) in [5, 5.41) is 0. The Balaban J connectivity index is 1.17. The molecule has 2 aliphatic rings. The molecular weight excluding hydrogens is 1290 g/mol. The number of benzene rings is 4. The fourth-order valence-electron chi connectivity index (χ4n) is 10.5. The third-order valence-electron chi connectivity index (χ3n) is 14.3. The SMILES string of the molecule is CCOC(=O)CC(=O)OCCOc1cccc(-c2c3nc(c(-c4cccc(OCCOC(=O)CC(=O)OC(C)(C)C)c4)c4ccc([nH]4)c(-c4cccc(OCCOC(=O)CC(=O)OCC)c4)c4nc(c(-c5cccc(OCCOC(=O)CC(=O)OC(C)(C)C)c5)c5ccc2[nH]5)C=C4)C=C3)c1. The number of esters is 8. The predicted molar refractivity (Wildman–Crippen MR) is 370 cm³/mol. The van der Waals surface area contributed by atoms with Crippen molar-refractivity contribution in [2.45, 2.75) is 92.3 Å². The minimum atomic E-state index is -0.776. The van der Waals surface area contributed by atoms with Crippen molar-refractivity contribution in [2.24, 2.45) is 0 Å². The number of aromatic nitrogens is 4. The number of fused-ring (bicyclic) bond motifs is 8. The van der Waals surface area contributed by atoms with Crippen LogP contribution in [0.2, 0.25) is 0 Å². The molecule has 0 fully saturated rings. The van der Waals surface area contributed by atoms with Crippen molar-refractivity contribution in [3.63, 3.8) is 0 Å². The Kier molecular flexibility index (Phi) is 24.8. The Labute approximate surface area is 576 Å². The van der Waals surface area contributed by atoms with E-state index in [9.17, 15) is 38.4 Å². The smallest absolute Gasteiger partial charge is 0.317 e. The summed E-state index contributed by atoms with van der Waals surface area (Å²) in [6, 6.07) is 37.1. The van der Waals surface area contributed by atoms with Crippen molar-refractivity contribution in [1.29, 1.82) is 0 Å². The van der Waals surface area contributed by atoms with E-state index in [-0.39, 0.29) is 66.1 Å². The number of H-pyrrole nitrogens is 2. The second-order valence-electron chi connectivity index (χ2n) is 24.4. The topological polar surface area (TPSA) is 305 Å². The molecule has 0 amide bonds. The maximum Gasteiger partial charge on any atom is 0.317 e. The lowest BCUT2D eigenvalue weighted by atomic mass is 10.0. The number of aromatic amines is 2. The van der Waals surface area contributed by atoms with Gasteiger partial charge in [-0.3, -0.25) is 38.4 Å². The average molecular weight is 1370 g/mol. The highest BCUT2D eigenvalue weighted by Gasteiger charge is 2.24. The largest absolute Gasteiger partial charge is 0.490 e. The molecule has 24 nitrogen and oxygen atoms in total. The molecule has 0 radical (unpaired) electrons. The minimum Gasteiger partial charge on any atom is -0.490 e. The van der Waals surface area contributed by atoms with Crippen molar-refractivity contribution in [3.8, 4) is 67.5 Å². The van der Waals surface area contributed by atoms with Crippen molar-refractivity contribution in [2.75, 3.05) is 66.1 Å². The zero-order valence-electron chi connectivity index (χ0n) is 56.8. The number of nitrogens with one attached hydrogen (secondary N) is 2. The van der Waals surface area contributed by atoms with Crippen molar-refractivity contribution >= 4 is 94.1 Å². The number of nitrogens with zero attached hydrogens (tertiary/aromatic N) is 2. The number of rotatable bonds is 30. The molecule has 8 bridgehead atoms. The Morgan fingerprint density at radius 3 is 0.800 bits per heavy atom. The first-order valence-electron chi connectivity index (χ1n) is 32.4.